The van der Waals surface area contributed by atoms with Gasteiger partial charge in [-0.3, -0.25) is 4.79 Å². The Hall–Kier alpha value is -1.88. The second kappa shape index (κ2) is 7.45. The van der Waals surface area contributed by atoms with E-state index in [0.29, 0.717) is 30.8 Å². The van der Waals surface area contributed by atoms with E-state index in [9.17, 15) is 9.59 Å². The molecule has 5 nitrogen and oxygen atoms in total. The Labute approximate surface area is 107 Å². The van der Waals surface area contributed by atoms with Crippen molar-refractivity contribution >= 4 is 17.6 Å². The van der Waals surface area contributed by atoms with Crippen LogP contribution in [0.4, 0.5) is 5.69 Å². The van der Waals surface area contributed by atoms with Crippen LogP contribution in [0.15, 0.2) is 24.3 Å². The zero-order chi connectivity index (χ0) is 13.4. The van der Waals surface area contributed by atoms with E-state index in [1.807, 2.05) is 0 Å². The average Bonchev–Trinajstić information content (AvgIpc) is 2.37. The molecule has 0 aromatic heterocycles. The number of esters is 1. The van der Waals surface area contributed by atoms with Gasteiger partial charge >= 0.3 is 5.97 Å². The number of rotatable bonds is 6. The maximum absolute atomic E-state index is 11.5. The van der Waals surface area contributed by atoms with Gasteiger partial charge in [-0.05, 0) is 32.2 Å². The molecule has 2 N–H and O–H groups in total. The van der Waals surface area contributed by atoms with Gasteiger partial charge in [0.05, 0.1) is 12.2 Å². The largest absolute Gasteiger partial charge is 0.462 e. The summed E-state index contributed by atoms with van der Waals surface area (Å²) in [5.41, 5.74) is 1.03. The smallest absolute Gasteiger partial charge is 0.338 e. The van der Waals surface area contributed by atoms with E-state index >= 15 is 0 Å². The zero-order valence-corrected chi connectivity index (χ0v) is 10.7. The van der Waals surface area contributed by atoms with Crippen molar-refractivity contribution in [3.05, 3.63) is 29.8 Å². The van der Waals surface area contributed by atoms with Gasteiger partial charge in [0.25, 0.3) is 0 Å². The molecule has 1 aromatic rings. The lowest BCUT2D eigenvalue weighted by Gasteiger charge is -2.07. The lowest BCUT2D eigenvalue weighted by molar-refractivity contribution is -0.116. The number of hydrogen-bond acceptors (Lipinski definition) is 4. The summed E-state index contributed by atoms with van der Waals surface area (Å²) < 4.78 is 4.89. The van der Waals surface area contributed by atoms with Crippen LogP contribution in [-0.4, -0.2) is 32.1 Å². The molecule has 0 heterocycles. The predicted molar refractivity (Wildman–Crippen MR) is 69.6 cm³/mol. The van der Waals surface area contributed by atoms with Gasteiger partial charge in [-0.25, -0.2) is 4.79 Å². The Morgan fingerprint density at radius 1 is 1.33 bits per heavy atom. The van der Waals surface area contributed by atoms with Crippen LogP contribution in [0.3, 0.4) is 0 Å². The van der Waals surface area contributed by atoms with Crippen molar-refractivity contribution in [2.24, 2.45) is 0 Å². The number of ether oxygens (including phenoxy) is 1. The molecule has 0 aliphatic heterocycles. The van der Waals surface area contributed by atoms with Crippen LogP contribution in [0, 0.1) is 0 Å². The summed E-state index contributed by atoms with van der Waals surface area (Å²) in [6, 6.07) is 6.70. The quantitative estimate of drug-likeness (QED) is 0.749. The average molecular weight is 250 g/mol. The fraction of sp³-hybridized carbons (Fsp3) is 0.385. The molecular weight excluding hydrogens is 232 g/mol. The molecule has 1 rings (SSSR count). The van der Waals surface area contributed by atoms with Crippen molar-refractivity contribution in [1.29, 1.82) is 0 Å². The summed E-state index contributed by atoms with van der Waals surface area (Å²) in [6.45, 7) is 2.70. The third kappa shape index (κ3) is 4.55. The first-order valence-corrected chi connectivity index (χ1v) is 5.89. The van der Waals surface area contributed by atoms with Gasteiger partial charge in [-0.1, -0.05) is 6.07 Å². The maximum atomic E-state index is 11.5. The first-order chi connectivity index (χ1) is 8.67. The van der Waals surface area contributed by atoms with Gasteiger partial charge in [0.2, 0.25) is 5.91 Å². The molecule has 0 fully saturated rings. The highest BCUT2D eigenvalue weighted by Crippen LogP contribution is 2.12. The fourth-order valence-electron chi connectivity index (χ4n) is 1.40. The lowest BCUT2D eigenvalue weighted by atomic mass is 10.2. The van der Waals surface area contributed by atoms with Crippen LogP contribution in [0.1, 0.15) is 23.7 Å². The Balaban J connectivity index is 2.64. The molecular formula is C13H18N2O3. The molecule has 1 aromatic carbocycles. The molecule has 0 unspecified atom stereocenters. The Morgan fingerprint density at radius 2 is 2.11 bits per heavy atom. The monoisotopic (exact) mass is 250 g/mol. The van der Waals surface area contributed by atoms with Gasteiger partial charge in [0.15, 0.2) is 0 Å². The number of nitrogens with one attached hydrogen (secondary N) is 2. The minimum Gasteiger partial charge on any atom is -0.462 e. The van der Waals surface area contributed by atoms with Crippen molar-refractivity contribution < 1.29 is 14.3 Å². The molecule has 98 valence electrons. The molecule has 0 atom stereocenters. The van der Waals surface area contributed by atoms with Crippen molar-refractivity contribution in [3.63, 3.8) is 0 Å². The van der Waals surface area contributed by atoms with Crippen molar-refractivity contribution in [1.82, 2.24) is 5.32 Å². The van der Waals surface area contributed by atoms with Crippen LogP contribution in [0.25, 0.3) is 0 Å². The van der Waals surface area contributed by atoms with Gasteiger partial charge in [0, 0.05) is 18.7 Å². The molecule has 0 aliphatic rings. The Bertz CT molecular complexity index is 418. The Morgan fingerprint density at radius 3 is 2.78 bits per heavy atom. The molecule has 0 saturated carbocycles. The summed E-state index contributed by atoms with van der Waals surface area (Å²) in [7, 11) is 1.79. The van der Waals surface area contributed by atoms with E-state index in [-0.39, 0.29) is 11.9 Å². The lowest BCUT2D eigenvalue weighted by Crippen LogP contribution is -2.18. The fourth-order valence-corrected chi connectivity index (χ4v) is 1.40. The molecule has 0 radical (unpaired) electrons. The third-order valence-electron chi connectivity index (χ3n) is 2.26. The highest BCUT2D eigenvalue weighted by Gasteiger charge is 2.08. The summed E-state index contributed by atoms with van der Waals surface area (Å²) in [4.78, 5) is 23.0. The first kappa shape index (κ1) is 14.2. The normalized spacial score (nSPS) is 9.89. The molecule has 5 heteroatoms. The maximum Gasteiger partial charge on any atom is 0.338 e. The second-order valence-electron chi connectivity index (χ2n) is 3.70. The minimum absolute atomic E-state index is 0.0923. The number of amides is 1. The summed E-state index contributed by atoms with van der Waals surface area (Å²) in [5, 5.41) is 5.62. The van der Waals surface area contributed by atoms with E-state index < -0.39 is 0 Å². The van der Waals surface area contributed by atoms with Gasteiger partial charge in [0.1, 0.15) is 0 Å². The van der Waals surface area contributed by atoms with Gasteiger partial charge in [-0.2, -0.15) is 0 Å². The van der Waals surface area contributed by atoms with E-state index in [4.69, 9.17) is 4.74 Å². The van der Waals surface area contributed by atoms with E-state index in [0.717, 1.165) is 0 Å². The molecule has 0 spiro atoms. The summed E-state index contributed by atoms with van der Waals surface area (Å²) >= 11 is 0. The standard InChI is InChI=1S/C13H18N2O3/c1-3-18-13(17)10-5-4-6-11(9-10)15-12(16)7-8-14-2/h4-6,9,14H,3,7-8H2,1-2H3,(H,15,16). The summed E-state index contributed by atoms with van der Waals surface area (Å²) in [5.74, 6) is -0.478. The highest BCUT2D eigenvalue weighted by atomic mass is 16.5. The topological polar surface area (TPSA) is 67.4 Å². The first-order valence-electron chi connectivity index (χ1n) is 5.89. The molecule has 0 aliphatic carbocycles. The predicted octanol–water partition coefficient (Wildman–Crippen LogP) is 1.41. The van der Waals surface area contributed by atoms with Crippen LogP contribution >= 0.6 is 0 Å². The highest BCUT2D eigenvalue weighted by molar-refractivity contribution is 5.94. The zero-order valence-electron chi connectivity index (χ0n) is 10.7. The molecule has 1 amide bonds. The van der Waals surface area contributed by atoms with Crippen molar-refractivity contribution in [3.8, 4) is 0 Å². The number of benzene rings is 1. The van der Waals surface area contributed by atoms with Crippen molar-refractivity contribution in [2.75, 3.05) is 25.5 Å². The minimum atomic E-state index is -0.385. The number of carbonyl (C=O) groups excluding carboxylic acids is 2. The van der Waals surface area contributed by atoms with Crippen LogP contribution < -0.4 is 10.6 Å². The molecule has 0 bridgehead atoms. The van der Waals surface area contributed by atoms with Crippen LogP contribution in [0.2, 0.25) is 0 Å². The number of hydrogen-bond donors (Lipinski definition) is 2. The Kier molecular flexibility index (Phi) is 5.87. The number of anilines is 1. The molecule has 18 heavy (non-hydrogen) atoms. The SMILES string of the molecule is CCOC(=O)c1cccc(NC(=O)CCNC)c1. The van der Waals surface area contributed by atoms with E-state index in [1.165, 1.54) is 0 Å². The molecule has 0 saturated heterocycles. The van der Waals surface area contributed by atoms with E-state index in [1.54, 1.807) is 38.2 Å². The summed E-state index contributed by atoms with van der Waals surface area (Å²) in [6.07, 6.45) is 0.389. The van der Waals surface area contributed by atoms with Crippen molar-refractivity contribution in [2.45, 2.75) is 13.3 Å². The van der Waals surface area contributed by atoms with E-state index in [2.05, 4.69) is 10.6 Å². The number of carbonyl (C=O) groups is 2. The van der Waals surface area contributed by atoms with Crippen LogP contribution in [-0.2, 0) is 9.53 Å². The van der Waals surface area contributed by atoms with Crippen LogP contribution in [0.5, 0.6) is 0 Å². The van der Waals surface area contributed by atoms with Gasteiger partial charge in [-0.15, -0.1) is 0 Å². The second-order valence-corrected chi connectivity index (χ2v) is 3.70. The third-order valence-corrected chi connectivity index (χ3v) is 2.26. The van der Waals surface area contributed by atoms with Gasteiger partial charge < -0.3 is 15.4 Å².